The van der Waals surface area contributed by atoms with Crippen molar-refractivity contribution in [2.45, 2.75) is 0 Å². The Balaban J connectivity index is 2.58. The van der Waals surface area contributed by atoms with E-state index in [4.69, 9.17) is 10.8 Å². The van der Waals surface area contributed by atoms with Crippen molar-refractivity contribution < 1.29 is 14.3 Å². The van der Waals surface area contributed by atoms with Gasteiger partial charge in [-0.3, -0.25) is 0 Å². The number of aromatic carboxylic acids is 1. The van der Waals surface area contributed by atoms with E-state index in [1.807, 2.05) is 0 Å². The molecule has 0 unspecified atom stereocenters. The minimum Gasteiger partial charge on any atom is -0.476 e. The maximum Gasteiger partial charge on any atom is 0.356 e. The van der Waals surface area contributed by atoms with Gasteiger partial charge in [0, 0.05) is 6.20 Å². The molecule has 0 aliphatic carbocycles. The summed E-state index contributed by atoms with van der Waals surface area (Å²) in [6, 6.07) is 5.82. The van der Waals surface area contributed by atoms with Crippen LogP contribution in [0.3, 0.4) is 0 Å². The summed E-state index contributed by atoms with van der Waals surface area (Å²) in [7, 11) is 0. The van der Waals surface area contributed by atoms with E-state index in [2.05, 4.69) is 9.97 Å². The monoisotopic (exact) mass is 233 g/mol. The Bertz CT molecular complexity index is 587. The number of anilines is 1. The lowest BCUT2D eigenvalue weighted by Crippen LogP contribution is -2.06. The molecule has 0 aliphatic rings. The van der Waals surface area contributed by atoms with Crippen molar-refractivity contribution in [2.75, 3.05) is 5.73 Å². The summed E-state index contributed by atoms with van der Waals surface area (Å²) in [5.74, 6) is -1.96. The molecular formula is C11H8FN3O2. The van der Waals surface area contributed by atoms with Crippen molar-refractivity contribution in [2.24, 2.45) is 0 Å². The molecule has 2 rings (SSSR count). The third-order valence-corrected chi connectivity index (χ3v) is 2.16. The summed E-state index contributed by atoms with van der Waals surface area (Å²) in [6.07, 6.45) is 1.30. The lowest BCUT2D eigenvalue weighted by molar-refractivity contribution is 0.0692. The highest BCUT2D eigenvalue weighted by molar-refractivity contribution is 5.92. The number of carbonyl (C=O) groups is 1. The van der Waals surface area contributed by atoms with E-state index in [1.54, 1.807) is 0 Å². The molecule has 2 heterocycles. The summed E-state index contributed by atoms with van der Waals surface area (Å²) < 4.78 is 13.4. The number of hydrogen-bond donors (Lipinski definition) is 2. The van der Waals surface area contributed by atoms with Gasteiger partial charge in [0.2, 0.25) is 5.95 Å². The molecule has 0 saturated carbocycles. The number of carboxylic acids is 1. The van der Waals surface area contributed by atoms with Gasteiger partial charge in [0.1, 0.15) is 0 Å². The van der Waals surface area contributed by atoms with Crippen LogP contribution in [-0.4, -0.2) is 21.0 Å². The zero-order chi connectivity index (χ0) is 12.4. The molecule has 2 aromatic heterocycles. The summed E-state index contributed by atoms with van der Waals surface area (Å²) in [4.78, 5) is 18.1. The molecule has 0 saturated heterocycles. The van der Waals surface area contributed by atoms with Crippen LogP contribution in [0.15, 0.2) is 30.5 Å². The van der Waals surface area contributed by atoms with Crippen molar-refractivity contribution >= 4 is 11.7 Å². The van der Waals surface area contributed by atoms with E-state index in [0.717, 1.165) is 0 Å². The van der Waals surface area contributed by atoms with Gasteiger partial charge in [0.15, 0.2) is 5.69 Å². The molecule has 0 spiro atoms. The quantitative estimate of drug-likeness (QED) is 0.768. The number of pyridine rings is 2. The first-order chi connectivity index (χ1) is 8.09. The Morgan fingerprint density at radius 2 is 2.12 bits per heavy atom. The van der Waals surface area contributed by atoms with E-state index in [-0.39, 0.29) is 22.6 Å². The van der Waals surface area contributed by atoms with Gasteiger partial charge in [-0.05, 0) is 24.3 Å². The molecule has 0 amide bonds. The molecular weight excluding hydrogens is 225 g/mol. The van der Waals surface area contributed by atoms with Gasteiger partial charge in [0.05, 0.1) is 16.9 Å². The number of aromatic nitrogens is 2. The zero-order valence-corrected chi connectivity index (χ0v) is 8.59. The van der Waals surface area contributed by atoms with Gasteiger partial charge >= 0.3 is 5.97 Å². The van der Waals surface area contributed by atoms with Crippen LogP contribution in [0.1, 0.15) is 10.5 Å². The molecule has 0 atom stereocenters. The maximum absolute atomic E-state index is 13.4. The van der Waals surface area contributed by atoms with Crippen LogP contribution in [-0.2, 0) is 0 Å². The number of hydrogen-bond acceptors (Lipinski definition) is 4. The Morgan fingerprint density at radius 3 is 2.76 bits per heavy atom. The molecule has 86 valence electrons. The Hall–Kier alpha value is -2.50. The molecule has 17 heavy (non-hydrogen) atoms. The van der Waals surface area contributed by atoms with E-state index < -0.39 is 11.9 Å². The van der Waals surface area contributed by atoms with Gasteiger partial charge in [-0.2, -0.15) is 4.39 Å². The predicted octanol–water partition coefficient (Wildman–Crippen LogP) is 1.56. The molecule has 2 aromatic rings. The summed E-state index contributed by atoms with van der Waals surface area (Å²) in [5, 5.41) is 8.85. The van der Waals surface area contributed by atoms with Crippen molar-refractivity contribution in [3.05, 3.63) is 42.1 Å². The van der Waals surface area contributed by atoms with Gasteiger partial charge in [0.25, 0.3) is 0 Å². The van der Waals surface area contributed by atoms with Crippen LogP contribution >= 0.6 is 0 Å². The second-order valence-electron chi connectivity index (χ2n) is 3.28. The highest BCUT2D eigenvalue weighted by Gasteiger charge is 2.13. The highest BCUT2D eigenvalue weighted by atomic mass is 19.1. The topological polar surface area (TPSA) is 89.1 Å². The van der Waals surface area contributed by atoms with Crippen LogP contribution < -0.4 is 5.73 Å². The van der Waals surface area contributed by atoms with E-state index in [9.17, 15) is 9.18 Å². The summed E-state index contributed by atoms with van der Waals surface area (Å²) in [5.41, 5.74) is 5.50. The molecule has 0 aromatic carbocycles. The minimum absolute atomic E-state index is 0.0329. The fourth-order valence-electron chi connectivity index (χ4n) is 1.37. The normalized spacial score (nSPS) is 10.2. The van der Waals surface area contributed by atoms with Crippen LogP contribution in [0.4, 0.5) is 10.1 Å². The number of nitrogens with two attached hydrogens (primary N) is 1. The van der Waals surface area contributed by atoms with Gasteiger partial charge in [-0.25, -0.2) is 14.8 Å². The van der Waals surface area contributed by atoms with Crippen LogP contribution in [0.2, 0.25) is 0 Å². The van der Waals surface area contributed by atoms with Crippen molar-refractivity contribution in [1.82, 2.24) is 9.97 Å². The first-order valence-corrected chi connectivity index (χ1v) is 4.70. The number of rotatable bonds is 2. The largest absolute Gasteiger partial charge is 0.476 e. The van der Waals surface area contributed by atoms with Crippen LogP contribution in [0, 0.1) is 5.95 Å². The SMILES string of the molecule is Nc1ccc(-c2cccnc2F)nc1C(=O)O. The Morgan fingerprint density at radius 1 is 1.35 bits per heavy atom. The third-order valence-electron chi connectivity index (χ3n) is 2.16. The summed E-state index contributed by atoms with van der Waals surface area (Å²) in [6.45, 7) is 0. The third kappa shape index (κ3) is 2.05. The number of carboxylic acid groups (broad SMARTS) is 1. The lowest BCUT2D eigenvalue weighted by atomic mass is 10.1. The summed E-state index contributed by atoms with van der Waals surface area (Å²) >= 11 is 0. The van der Waals surface area contributed by atoms with Gasteiger partial charge < -0.3 is 10.8 Å². The van der Waals surface area contributed by atoms with E-state index >= 15 is 0 Å². The molecule has 0 bridgehead atoms. The molecule has 0 radical (unpaired) electrons. The van der Waals surface area contributed by atoms with Gasteiger partial charge in [-0.15, -0.1) is 0 Å². The lowest BCUT2D eigenvalue weighted by Gasteiger charge is -2.04. The standard InChI is InChI=1S/C11H8FN3O2/c12-10-6(2-1-5-14-10)8-4-3-7(13)9(15-8)11(16)17/h1-5H,13H2,(H,16,17). The van der Waals surface area contributed by atoms with Crippen LogP contribution in [0.25, 0.3) is 11.3 Å². The Kier molecular flexibility index (Phi) is 2.70. The number of halogens is 1. The average molecular weight is 233 g/mol. The first kappa shape index (κ1) is 11.0. The molecule has 0 fully saturated rings. The molecule has 5 nitrogen and oxygen atoms in total. The van der Waals surface area contributed by atoms with Crippen LogP contribution in [0.5, 0.6) is 0 Å². The van der Waals surface area contributed by atoms with Crippen molar-refractivity contribution in [3.63, 3.8) is 0 Å². The fourth-order valence-corrected chi connectivity index (χ4v) is 1.37. The highest BCUT2D eigenvalue weighted by Crippen LogP contribution is 2.21. The first-order valence-electron chi connectivity index (χ1n) is 4.70. The molecule has 0 aliphatic heterocycles. The van der Waals surface area contributed by atoms with Crippen molar-refractivity contribution in [3.8, 4) is 11.3 Å². The van der Waals surface area contributed by atoms with E-state index in [1.165, 1.54) is 30.5 Å². The Labute approximate surface area is 95.8 Å². The molecule has 3 N–H and O–H groups in total. The zero-order valence-electron chi connectivity index (χ0n) is 8.59. The second kappa shape index (κ2) is 4.17. The average Bonchev–Trinajstić information content (AvgIpc) is 2.30. The minimum atomic E-state index is -1.26. The van der Waals surface area contributed by atoms with E-state index in [0.29, 0.717) is 0 Å². The number of nitrogen functional groups attached to an aromatic ring is 1. The van der Waals surface area contributed by atoms with Crippen molar-refractivity contribution in [1.29, 1.82) is 0 Å². The fraction of sp³-hybridized carbons (Fsp3) is 0. The smallest absolute Gasteiger partial charge is 0.356 e. The van der Waals surface area contributed by atoms with Gasteiger partial charge in [-0.1, -0.05) is 0 Å². The maximum atomic E-state index is 13.4. The molecule has 6 heteroatoms. The predicted molar refractivity (Wildman–Crippen MR) is 58.8 cm³/mol. The number of nitrogens with zero attached hydrogens (tertiary/aromatic N) is 2. The second-order valence-corrected chi connectivity index (χ2v) is 3.28.